The molecular formula is C11H18N4O3. The van der Waals surface area contributed by atoms with Crippen molar-refractivity contribution in [3.05, 3.63) is 0 Å². The lowest BCUT2D eigenvalue weighted by Crippen LogP contribution is -2.66. The molecule has 7 heteroatoms. The van der Waals surface area contributed by atoms with Crippen LogP contribution in [0.4, 0.5) is 9.59 Å². The van der Waals surface area contributed by atoms with Gasteiger partial charge in [-0.15, -0.1) is 0 Å². The van der Waals surface area contributed by atoms with Crippen molar-refractivity contribution in [2.45, 2.75) is 38.9 Å². The number of likely N-dealkylation sites (N-methyl/N-ethyl adjacent to an activating group) is 1. The van der Waals surface area contributed by atoms with Gasteiger partial charge in [-0.3, -0.25) is 9.69 Å². The third kappa shape index (κ3) is 1.89. The molecule has 0 aliphatic carbocycles. The average molecular weight is 254 g/mol. The van der Waals surface area contributed by atoms with Gasteiger partial charge in [0, 0.05) is 13.1 Å². The molecule has 2 saturated heterocycles. The molecule has 7 nitrogen and oxygen atoms in total. The summed E-state index contributed by atoms with van der Waals surface area (Å²) in [5.74, 6) is -0.318. The van der Waals surface area contributed by atoms with E-state index in [1.165, 1.54) is 9.80 Å². The van der Waals surface area contributed by atoms with Crippen LogP contribution in [-0.4, -0.2) is 53.1 Å². The van der Waals surface area contributed by atoms with Crippen LogP contribution in [0.5, 0.6) is 0 Å². The Morgan fingerprint density at radius 2 is 1.89 bits per heavy atom. The van der Waals surface area contributed by atoms with Crippen LogP contribution in [-0.2, 0) is 4.79 Å². The number of carbonyl (C=O) groups excluding carboxylic acids is 3. The minimum atomic E-state index is -0.660. The molecule has 0 bridgehead atoms. The Labute approximate surface area is 105 Å². The van der Waals surface area contributed by atoms with Gasteiger partial charge in [0.05, 0.1) is 0 Å². The quantitative estimate of drug-likeness (QED) is 0.745. The Morgan fingerprint density at radius 3 is 2.50 bits per heavy atom. The largest absolute Gasteiger partial charge is 0.328 e. The molecule has 0 aromatic carbocycles. The number of amides is 5. The lowest BCUT2D eigenvalue weighted by molar-refractivity contribution is -0.134. The summed E-state index contributed by atoms with van der Waals surface area (Å²) in [5, 5.41) is 5.16. The third-order valence-corrected chi connectivity index (χ3v) is 3.30. The van der Waals surface area contributed by atoms with E-state index in [1.54, 1.807) is 0 Å². The Kier molecular flexibility index (Phi) is 3.40. The first kappa shape index (κ1) is 12.7. The zero-order valence-electron chi connectivity index (χ0n) is 10.6. The minimum absolute atomic E-state index is 0.318. The number of urea groups is 2. The van der Waals surface area contributed by atoms with E-state index in [9.17, 15) is 14.4 Å². The first-order chi connectivity index (χ1) is 8.60. The van der Waals surface area contributed by atoms with Gasteiger partial charge in [-0.1, -0.05) is 13.3 Å². The Hall–Kier alpha value is -1.79. The summed E-state index contributed by atoms with van der Waals surface area (Å²) < 4.78 is 0. The lowest BCUT2D eigenvalue weighted by Gasteiger charge is -2.40. The Bertz CT molecular complexity index is 384. The summed E-state index contributed by atoms with van der Waals surface area (Å²) in [4.78, 5) is 38.4. The van der Waals surface area contributed by atoms with Crippen LogP contribution in [0.3, 0.4) is 0 Å². The van der Waals surface area contributed by atoms with E-state index in [4.69, 9.17) is 0 Å². The second kappa shape index (κ2) is 4.83. The first-order valence-corrected chi connectivity index (χ1v) is 6.29. The summed E-state index contributed by atoms with van der Waals surface area (Å²) in [6.07, 6.45) is 1.12. The van der Waals surface area contributed by atoms with Crippen LogP contribution in [0, 0.1) is 0 Å². The van der Waals surface area contributed by atoms with Crippen LogP contribution in [0.1, 0.15) is 26.7 Å². The number of carbonyl (C=O) groups is 3. The minimum Gasteiger partial charge on any atom is -0.323 e. The molecular weight excluding hydrogens is 236 g/mol. The normalized spacial score (nSPS) is 27.1. The third-order valence-electron chi connectivity index (χ3n) is 3.30. The summed E-state index contributed by atoms with van der Waals surface area (Å²) in [6, 6.07) is -1.38. The number of nitrogens with one attached hydrogen (secondary N) is 2. The highest BCUT2D eigenvalue weighted by Crippen LogP contribution is 2.19. The molecule has 2 aliphatic rings. The Morgan fingerprint density at radius 1 is 1.17 bits per heavy atom. The molecule has 5 amide bonds. The number of fused-ring (bicyclic) bond motifs is 1. The molecule has 18 heavy (non-hydrogen) atoms. The molecule has 0 saturated carbocycles. The molecule has 100 valence electrons. The number of hydrogen-bond acceptors (Lipinski definition) is 3. The van der Waals surface area contributed by atoms with Crippen molar-refractivity contribution >= 4 is 18.0 Å². The number of unbranched alkanes of at least 4 members (excludes halogenated alkanes) is 1. The fourth-order valence-electron chi connectivity index (χ4n) is 2.32. The number of hydrogen-bond donors (Lipinski definition) is 2. The zero-order valence-corrected chi connectivity index (χ0v) is 10.6. The summed E-state index contributed by atoms with van der Waals surface area (Å²) in [5.41, 5.74) is 0. The topological polar surface area (TPSA) is 81.8 Å². The predicted molar refractivity (Wildman–Crippen MR) is 63.6 cm³/mol. The van der Waals surface area contributed by atoms with Crippen LogP contribution in [0.2, 0.25) is 0 Å². The van der Waals surface area contributed by atoms with Crippen molar-refractivity contribution in [1.82, 2.24) is 20.4 Å². The maximum absolute atomic E-state index is 12.2. The fraction of sp³-hybridized carbons (Fsp3) is 0.727. The van der Waals surface area contributed by atoms with Crippen molar-refractivity contribution < 1.29 is 14.4 Å². The van der Waals surface area contributed by atoms with Crippen molar-refractivity contribution in [3.63, 3.8) is 0 Å². The van der Waals surface area contributed by atoms with E-state index in [2.05, 4.69) is 10.6 Å². The lowest BCUT2D eigenvalue weighted by atomic mass is 10.1. The molecule has 2 fully saturated rings. The number of nitrogens with zero attached hydrogens (tertiary/aromatic N) is 2. The molecule has 0 radical (unpaired) electrons. The zero-order chi connectivity index (χ0) is 13.3. The molecule has 0 aromatic heterocycles. The van der Waals surface area contributed by atoms with Crippen LogP contribution in [0.15, 0.2) is 0 Å². The SMILES string of the molecule is CCCCN1C(=O)[C@@H]2NC(=O)N[C@@H]2N(CC)C1=O. The molecule has 0 aromatic rings. The van der Waals surface area contributed by atoms with Gasteiger partial charge < -0.3 is 15.5 Å². The standard InChI is InChI=1S/C11H18N4O3/c1-3-5-6-15-9(16)7-8(13-10(17)12-7)14(4-2)11(15)18/h7-8H,3-6H2,1-2H3,(H2,12,13,17)/t7-,8-/m1/s1. The second-order valence-corrected chi connectivity index (χ2v) is 4.45. The summed E-state index contributed by atoms with van der Waals surface area (Å²) >= 11 is 0. The average Bonchev–Trinajstić information content (AvgIpc) is 2.72. The summed E-state index contributed by atoms with van der Waals surface area (Å²) in [7, 11) is 0. The molecule has 2 heterocycles. The van der Waals surface area contributed by atoms with Crippen molar-refractivity contribution in [2.75, 3.05) is 13.1 Å². The van der Waals surface area contributed by atoms with Crippen LogP contribution >= 0.6 is 0 Å². The maximum Gasteiger partial charge on any atom is 0.328 e. The maximum atomic E-state index is 12.2. The molecule has 0 spiro atoms. The van der Waals surface area contributed by atoms with Crippen LogP contribution < -0.4 is 10.6 Å². The highest BCUT2D eigenvalue weighted by molar-refractivity contribution is 6.03. The van der Waals surface area contributed by atoms with Gasteiger partial charge >= 0.3 is 12.1 Å². The van der Waals surface area contributed by atoms with Gasteiger partial charge in [0.15, 0.2) is 0 Å². The fourth-order valence-corrected chi connectivity index (χ4v) is 2.32. The smallest absolute Gasteiger partial charge is 0.323 e. The molecule has 0 unspecified atom stereocenters. The van der Waals surface area contributed by atoms with Crippen molar-refractivity contribution in [2.24, 2.45) is 0 Å². The highest BCUT2D eigenvalue weighted by Gasteiger charge is 2.50. The first-order valence-electron chi connectivity index (χ1n) is 6.29. The van der Waals surface area contributed by atoms with Gasteiger partial charge in [-0.2, -0.15) is 0 Å². The number of imide groups is 1. The monoisotopic (exact) mass is 254 g/mol. The predicted octanol–water partition coefficient (Wildman–Crippen LogP) is 0.0781. The highest BCUT2D eigenvalue weighted by atomic mass is 16.2. The molecule has 2 N–H and O–H groups in total. The van der Waals surface area contributed by atoms with E-state index in [-0.39, 0.29) is 11.9 Å². The van der Waals surface area contributed by atoms with E-state index in [1.807, 2.05) is 13.8 Å². The molecule has 2 atom stereocenters. The van der Waals surface area contributed by atoms with E-state index in [0.717, 1.165) is 12.8 Å². The van der Waals surface area contributed by atoms with Gasteiger partial charge in [0.1, 0.15) is 12.2 Å². The molecule has 2 aliphatic heterocycles. The van der Waals surface area contributed by atoms with Crippen LogP contribution in [0.25, 0.3) is 0 Å². The summed E-state index contributed by atoms with van der Waals surface area (Å²) in [6.45, 7) is 4.69. The van der Waals surface area contributed by atoms with Gasteiger partial charge in [-0.05, 0) is 13.3 Å². The van der Waals surface area contributed by atoms with Gasteiger partial charge in [-0.25, -0.2) is 9.59 Å². The molecule has 2 rings (SSSR count). The second-order valence-electron chi connectivity index (χ2n) is 4.45. The van der Waals surface area contributed by atoms with E-state index in [0.29, 0.717) is 13.1 Å². The van der Waals surface area contributed by atoms with Gasteiger partial charge in [0.25, 0.3) is 5.91 Å². The van der Waals surface area contributed by atoms with Crippen molar-refractivity contribution in [1.29, 1.82) is 0 Å². The van der Waals surface area contributed by atoms with E-state index < -0.39 is 18.2 Å². The van der Waals surface area contributed by atoms with E-state index >= 15 is 0 Å². The Balaban J connectivity index is 2.22. The van der Waals surface area contributed by atoms with Crippen molar-refractivity contribution in [3.8, 4) is 0 Å². The van der Waals surface area contributed by atoms with Gasteiger partial charge in [0.2, 0.25) is 0 Å². The number of rotatable bonds is 4.